The Bertz CT molecular complexity index is 944. The SMILES string of the molecule is Cc1cc(NS(=O)(=O)c2ccccc2S(=O)(=O)N2CCCC2)no1. The molecule has 1 aliphatic heterocycles. The zero-order chi connectivity index (χ0) is 17.4. The van der Waals surface area contributed by atoms with Crippen LogP contribution in [0.4, 0.5) is 5.82 Å². The van der Waals surface area contributed by atoms with Gasteiger partial charge in [-0.25, -0.2) is 16.8 Å². The number of nitrogens with one attached hydrogen (secondary N) is 1. The molecule has 1 aromatic heterocycles. The van der Waals surface area contributed by atoms with Gasteiger partial charge in [-0.1, -0.05) is 17.3 Å². The van der Waals surface area contributed by atoms with Gasteiger partial charge in [-0.15, -0.1) is 0 Å². The minimum absolute atomic E-state index is 0.000809. The van der Waals surface area contributed by atoms with Crippen LogP contribution in [0.5, 0.6) is 0 Å². The van der Waals surface area contributed by atoms with Crippen LogP contribution in [0.3, 0.4) is 0 Å². The first-order valence-electron chi connectivity index (χ1n) is 7.36. The third-order valence-electron chi connectivity index (χ3n) is 3.69. The molecule has 8 nitrogen and oxygen atoms in total. The number of rotatable bonds is 5. The Labute approximate surface area is 140 Å². The molecular formula is C14H17N3O5S2. The van der Waals surface area contributed by atoms with Crippen molar-refractivity contribution in [3.63, 3.8) is 0 Å². The lowest BCUT2D eigenvalue weighted by Crippen LogP contribution is -2.29. The second-order valence-electron chi connectivity index (χ2n) is 5.49. The summed E-state index contributed by atoms with van der Waals surface area (Å²) >= 11 is 0. The van der Waals surface area contributed by atoms with E-state index in [0.717, 1.165) is 12.8 Å². The van der Waals surface area contributed by atoms with Gasteiger partial charge in [0.1, 0.15) is 15.6 Å². The third kappa shape index (κ3) is 3.17. The zero-order valence-electron chi connectivity index (χ0n) is 13.0. The summed E-state index contributed by atoms with van der Waals surface area (Å²) in [7, 11) is -7.99. The third-order valence-corrected chi connectivity index (χ3v) is 7.19. The molecule has 0 unspecified atom stereocenters. The van der Waals surface area contributed by atoms with Gasteiger partial charge >= 0.3 is 0 Å². The highest BCUT2D eigenvalue weighted by molar-refractivity contribution is 7.94. The number of hydrogen-bond donors (Lipinski definition) is 1. The van der Waals surface area contributed by atoms with Gasteiger partial charge in [-0.05, 0) is 31.9 Å². The maximum absolute atomic E-state index is 12.8. The van der Waals surface area contributed by atoms with E-state index >= 15 is 0 Å². The van der Waals surface area contributed by atoms with Crippen LogP contribution in [0.25, 0.3) is 0 Å². The van der Waals surface area contributed by atoms with Crippen molar-refractivity contribution in [3.05, 3.63) is 36.1 Å². The molecule has 3 rings (SSSR count). The number of benzene rings is 1. The number of aryl methyl sites for hydroxylation is 1. The van der Waals surface area contributed by atoms with Gasteiger partial charge in [0.15, 0.2) is 5.82 Å². The summed E-state index contributed by atoms with van der Waals surface area (Å²) in [5, 5.41) is 3.57. The number of anilines is 1. The van der Waals surface area contributed by atoms with E-state index in [1.54, 1.807) is 6.92 Å². The molecule has 0 aliphatic carbocycles. The minimum Gasteiger partial charge on any atom is -0.360 e. The van der Waals surface area contributed by atoms with Gasteiger partial charge in [0.05, 0.1) is 0 Å². The van der Waals surface area contributed by atoms with Crippen LogP contribution in [0, 0.1) is 6.92 Å². The van der Waals surface area contributed by atoms with E-state index < -0.39 is 20.0 Å². The van der Waals surface area contributed by atoms with Crippen molar-refractivity contribution in [2.24, 2.45) is 0 Å². The van der Waals surface area contributed by atoms with Crippen LogP contribution in [0.15, 0.2) is 44.6 Å². The maximum atomic E-state index is 12.8. The van der Waals surface area contributed by atoms with Crippen LogP contribution >= 0.6 is 0 Å². The predicted molar refractivity (Wildman–Crippen MR) is 86.5 cm³/mol. The quantitative estimate of drug-likeness (QED) is 0.854. The fraction of sp³-hybridized carbons (Fsp3) is 0.357. The number of nitrogens with zero attached hydrogens (tertiary/aromatic N) is 2. The monoisotopic (exact) mass is 371 g/mol. The topological polar surface area (TPSA) is 110 Å². The van der Waals surface area contributed by atoms with E-state index in [0.29, 0.717) is 18.8 Å². The minimum atomic E-state index is -4.12. The Morgan fingerprint density at radius 1 is 1.08 bits per heavy atom. The Morgan fingerprint density at radius 2 is 1.71 bits per heavy atom. The van der Waals surface area contributed by atoms with E-state index in [4.69, 9.17) is 4.52 Å². The lowest BCUT2D eigenvalue weighted by molar-refractivity contribution is 0.400. The zero-order valence-corrected chi connectivity index (χ0v) is 14.6. The lowest BCUT2D eigenvalue weighted by Gasteiger charge is -2.18. The number of hydrogen-bond acceptors (Lipinski definition) is 6. The van der Waals surface area contributed by atoms with Gasteiger partial charge < -0.3 is 4.52 Å². The van der Waals surface area contributed by atoms with E-state index in [1.807, 2.05) is 0 Å². The molecule has 1 fully saturated rings. The van der Waals surface area contributed by atoms with Crippen molar-refractivity contribution in [2.45, 2.75) is 29.6 Å². The first-order chi connectivity index (χ1) is 11.3. The van der Waals surface area contributed by atoms with E-state index in [2.05, 4.69) is 9.88 Å². The molecule has 0 bridgehead atoms. The van der Waals surface area contributed by atoms with Crippen molar-refractivity contribution in [3.8, 4) is 0 Å². The molecule has 1 N–H and O–H groups in total. The Morgan fingerprint density at radius 3 is 2.29 bits per heavy atom. The molecule has 0 amide bonds. The highest BCUT2D eigenvalue weighted by Crippen LogP contribution is 2.27. The van der Waals surface area contributed by atoms with Crippen LogP contribution in [-0.2, 0) is 20.0 Å². The standard InChI is InChI=1S/C14H17N3O5S2/c1-11-10-14(15-22-11)16-23(18,19)12-6-2-3-7-13(12)24(20,21)17-8-4-5-9-17/h2-3,6-7,10H,4-5,8-9H2,1H3,(H,15,16). The van der Waals surface area contributed by atoms with Gasteiger partial charge in [0.2, 0.25) is 10.0 Å². The fourth-order valence-corrected chi connectivity index (χ4v) is 5.87. The Kier molecular flexibility index (Phi) is 4.37. The van der Waals surface area contributed by atoms with Crippen LogP contribution in [0.2, 0.25) is 0 Å². The summed E-state index contributed by atoms with van der Waals surface area (Å²) in [6, 6.07) is 6.96. The van der Waals surface area contributed by atoms with Gasteiger partial charge in [-0.2, -0.15) is 4.31 Å². The molecule has 0 saturated carbocycles. The lowest BCUT2D eigenvalue weighted by atomic mass is 10.4. The van der Waals surface area contributed by atoms with Gasteiger partial charge in [-0.3, -0.25) is 4.72 Å². The molecule has 0 radical (unpaired) electrons. The van der Waals surface area contributed by atoms with Gasteiger partial charge in [0, 0.05) is 19.2 Å². The normalized spacial score (nSPS) is 16.4. The summed E-state index contributed by atoms with van der Waals surface area (Å²) in [6.45, 7) is 2.41. The largest absolute Gasteiger partial charge is 0.360 e. The molecule has 2 heterocycles. The number of aromatic nitrogens is 1. The summed E-state index contributed by atoms with van der Waals surface area (Å²) in [6.07, 6.45) is 1.54. The number of sulfonamides is 2. The second-order valence-corrected chi connectivity index (χ2v) is 9.04. The van der Waals surface area contributed by atoms with E-state index in [1.165, 1.54) is 34.6 Å². The van der Waals surface area contributed by atoms with E-state index in [-0.39, 0.29) is 15.6 Å². The highest BCUT2D eigenvalue weighted by Gasteiger charge is 2.32. The fourth-order valence-electron chi connectivity index (χ4n) is 2.56. The molecule has 2 aromatic rings. The molecular weight excluding hydrogens is 354 g/mol. The average Bonchev–Trinajstić information content (AvgIpc) is 3.19. The van der Waals surface area contributed by atoms with Crippen molar-refractivity contribution in [1.29, 1.82) is 0 Å². The van der Waals surface area contributed by atoms with Crippen LogP contribution in [-0.4, -0.2) is 39.4 Å². The molecule has 0 atom stereocenters. The molecule has 130 valence electrons. The highest BCUT2D eigenvalue weighted by atomic mass is 32.2. The summed E-state index contributed by atoms with van der Waals surface area (Å²) in [4.78, 5) is -0.544. The maximum Gasteiger partial charge on any atom is 0.264 e. The summed E-state index contributed by atoms with van der Waals surface area (Å²) in [5.41, 5.74) is 0. The van der Waals surface area contributed by atoms with Crippen molar-refractivity contribution < 1.29 is 21.4 Å². The Hall–Kier alpha value is -1.91. The average molecular weight is 371 g/mol. The molecule has 1 aliphatic rings. The van der Waals surface area contributed by atoms with Crippen LogP contribution < -0.4 is 4.72 Å². The van der Waals surface area contributed by atoms with E-state index in [9.17, 15) is 16.8 Å². The van der Waals surface area contributed by atoms with Crippen molar-refractivity contribution in [1.82, 2.24) is 9.46 Å². The van der Waals surface area contributed by atoms with Gasteiger partial charge in [0.25, 0.3) is 10.0 Å². The van der Waals surface area contributed by atoms with Crippen LogP contribution in [0.1, 0.15) is 18.6 Å². The first kappa shape index (κ1) is 16.9. The first-order valence-corrected chi connectivity index (χ1v) is 10.3. The van der Waals surface area contributed by atoms with Crippen molar-refractivity contribution in [2.75, 3.05) is 17.8 Å². The Balaban J connectivity index is 2.02. The predicted octanol–water partition coefficient (Wildman–Crippen LogP) is 1.57. The molecule has 24 heavy (non-hydrogen) atoms. The smallest absolute Gasteiger partial charge is 0.264 e. The summed E-state index contributed by atoms with van der Waals surface area (Å²) in [5.74, 6) is 0.437. The molecule has 10 heteroatoms. The van der Waals surface area contributed by atoms with Crippen molar-refractivity contribution >= 4 is 25.9 Å². The summed E-state index contributed by atoms with van der Waals surface area (Å²) < 4.78 is 59.1. The molecule has 0 spiro atoms. The second kappa shape index (κ2) is 6.19. The molecule has 1 saturated heterocycles. The molecule has 1 aromatic carbocycles.